The number of rotatable bonds is 8. The number of carbonyl (C=O) groups is 1. The lowest BCUT2D eigenvalue weighted by molar-refractivity contribution is -0.293. The number of aliphatic hydroxyl groups is 4. The van der Waals surface area contributed by atoms with Crippen LogP contribution in [-0.2, 0) is 42.3 Å². The Labute approximate surface area is 343 Å². The highest BCUT2D eigenvalue weighted by atomic mass is 32.2. The van der Waals surface area contributed by atoms with E-state index in [4.69, 9.17) is 18.9 Å². The van der Waals surface area contributed by atoms with Gasteiger partial charge < -0.3 is 49.3 Å². The number of alkyl halides is 3. The second kappa shape index (κ2) is 18.6. The Hall–Kier alpha value is -2.95. The number of carbonyl (C=O) groups excluding carboxylic acids is 1. The topological polar surface area (TPSA) is 202 Å². The SMILES string of the molecule is CC[C@H]1OC(=O)[C@H](C)[C@@H](O)[C@H](C)[C@@H](O[C@@H]2O[C@H](C)C[C@H](N(C)S(=O)(=O)c3nccn3C)[C@H]2Oc2ccc(F)c(C(F)(F)F)c2)[C@](C)(O)C[C@@H](C)CN[C@H](C)[C@@H](O)[C@]1(C)O. The molecule has 2 fully saturated rings. The number of nitrogens with one attached hydrogen (secondary N) is 1. The first-order valence-corrected chi connectivity index (χ1v) is 21.1. The van der Waals surface area contributed by atoms with Gasteiger partial charge in [-0.1, -0.05) is 20.8 Å². The molecule has 5 N–H and O–H groups in total. The maximum atomic E-state index is 14.4. The zero-order valence-electron chi connectivity index (χ0n) is 35.1. The number of hydrogen-bond acceptors (Lipinski definition) is 13. The molecule has 0 aliphatic carbocycles. The van der Waals surface area contributed by atoms with Crippen LogP contribution < -0.4 is 10.1 Å². The smallest absolute Gasteiger partial charge is 0.419 e. The zero-order chi connectivity index (χ0) is 44.6. The predicted molar refractivity (Wildman–Crippen MR) is 205 cm³/mol. The molecule has 3 heterocycles. The van der Waals surface area contributed by atoms with Gasteiger partial charge in [0.1, 0.15) is 29.4 Å². The number of cyclic esters (lactones) is 1. The van der Waals surface area contributed by atoms with E-state index in [-0.39, 0.29) is 36.9 Å². The van der Waals surface area contributed by atoms with E-state index in [1.165, 1.54) is 58.8 Å². The monoisotopic (exact) mass is 868 g/mol. The average molecular weight is 869 g/mol. The second-order valence-corrected chi connectivity index (χ2v) is 18.6. The van der Waals surface area contributed by atoms with Crippen LogP contribution in [0.25, 0.3) is 0 Å². The minimum absolute atomic E-state index is 0.0328. The van der Waals surface area contributed by atoms with Crippen LogP contribution in [-0.4, -0.2) is 128 Å². The summed E-state index contributed by atoms with van der Waals surface area (Å²) in [6.45, 7) is 12.6. The third-order valence-corrected chi connectivity index (χ3v) is 13.5. The fourth-order valence-electron chi connectivity index (χ4n) is 8.18. The van der Waals surface area contributed by atoms with Crippen molar-refractivity contribution < 1.29 is 70.1 Å². The van der Waals surface area contributed by atoms with Crippen molar-refractivity contribution in [2.24, 2.45) is 24.8 Å². The van der Waals surface area contributed by atoms with Crippen LogP contribution in [0.1, 0.15) is 80.2 Å². The molecule has 2 aliphatic rings. The van der Waals surface area contributed by atoms with Gasteiger partial charge in [0.2, 0.25) is 5.16 Å². The molecule has 14 atom stereocenters. The third-order valence-electron chi connectivity index (χ3n) is 11.7. The first-order chi connectivity index (χ1) is 27.1. The van der Waals surface area contributed by atoms with Crippen LogP contribution in [0.2, 0.25) is 0 Å². The number of aliphatic hydroxyl groups excluding tert-OH is 2. The van der Waals surface area contributed by atoms with Crippen molar-refractivity contribution in [2.45, 2.75) is 152 Å². The van der Waals surface area contributed by atoms with Crippen LogP contribution >= 0.6 is 0 Å². The molecule has 2 aliphatic heterocycles. The number of halogens is 4. The largest absolute Gasteiger partial charge is 0.483 e. The van der Waals surface area contributed by atoms with Crippen molar-refractivity contribution in [2.75, 3.05) is 13.6 Å². The molecular weight excluding hydrogens is 809 g/mol. The Kier molecular flexibility index (Phi) is 15.3. The Morgan fingerprint density at radius 1 is 1.12 bits per heavy atom. The van der Waals surface area contributed by atoms with E-state index in [2.05, 4.69) is 10.3 Å². The van der Waals surface area contributed by atoms with Gasteiger partial charge >= 0.3 is 12.1 Å². The molecule has 0 amide bonds. The molecule has 0 bridgehead atoms. The van der Waals surface area contributed by atoms with Gasteiger partial charge in [-0.05, 0) is 84.5 Å². The molecule has 1 aromatic heterocycles. The number of aromatic nitrogens is 2. The number of aryl methyl sites for hydroxylation is 1. The van der Waals surface area contributed by atoms with Crippen LogP contribution in [0.3, 0.4) is 0 Å². The lowest BCUT2D eigenvalue weighted by Gasteiger charge is -2.47. The van der Waals surface area contributed by atoms with E-state index in [0.29, 0.717) is 12.1 Å². The maximum absolute atomic E-state index is 14.4. The number of ether oxygens (including phenoxy) is 4. The fourth-order valence-corrected chi connectivity index (χ4v) is 9.62. The predicted octanol–water partition coefficient (Wildman–Crippen LogP) is 3.37. The van der Waals surface area contributed by atoms with Crippen molar-refractivity contribution in [3.63, 3.8) is 0 Å². The lowest BCUT2D eigenvalue weighted by Crippen LogP contribution is -2.61. The van der Waals surface area contributed by atoms with E-state index >= 15 is 0 Å². The highest BCUT2D eigenvalue weighted by Crippen LogP contribution is 2.39. The van der Waals surface area contributed by atoms with Gasteiger partial charge in [-0.3, -0.25) is 4.79 Å². The van der Waals surface area contributed by atoms with Gasteiger partial charge in [0.25, 0.3) is 10.0 Å². The van der Waals surface area contributed by atoms with Gasteiger partial charge in [0.05, 0.1) is 41.4 Å². The van der Waals surface area contributed by atoms with Gasteiger partial charge in [-0.25, -0.2) is 17.8 Å². The summed E-state index contributed by atoms with van der Waals surface area (Å²) in [6.07, 6.45) is -12.1. The highest BCUT2D eigenvalue weighted by molar-refractivity contribution is 7.89. The molecule has 0 saturated carbocycles. The number of imidazole rings is 1. The summed E-state index contributed by atoms with van der Waals surface area (Å²) in [5, 5.41) is 49.5. The Bertz CT molecular complexity index is 1850. The first kappa shape index (κ1) is 48.7. The molecular formula is C39H60F4N4O11S. The van der Waals surface area contributed by atoms with Gasteiger partial charge in [0, 0.05) is 38.4 Å². The number of likely N-dealkylation sites (N-methyl/N-ethyl adjacent to an activating group) is 1. The number of benzene rings is 1. The number of esters is 1. The van der Waals surface area contributed by atoms with Crippen LogP contribution in [0, 0.1) is 23.6 Å². The zero-order valence-corrected chi connectivity index (χ0v) is 35.9. The van der Waals surface area contributed by atoms with Crippen LogP contribution in [0.15, 0.2) is 35.7 Å². The first-order valence-electron chi connectivity index (χ1n) is 19.7. The summed E-state index contributed by atoms with van der Waals surface area (Å²) in [5.41, 5.74) is -5.42. The molecule has 15 nitrogen and oxygen atoms in total. The fraction of sp³-hybridized carbons (Fsp3) is 0.744. The van der Waals surface area contributed by atoms with Gasteiger partial charge in [-0.2, -0.15) is 17.5 Å². The summed E-state index contributed by atoms with van der Waals surface area (Å²) in [5.74, 6) is -5.80. The van der Waals surface area contributed by atoms with E-state index in [0.717, 1.165) is 10.4 Å². The summed E-state index contributed by atoms with van der Waals surface area (Å²) in [7, 11) is -1.73. The van der Waals surface area contributed by atoms with E-state index in [1.54, 1.807) is 27.7 Å². The molecule has 59 heavy (non-hydrogen) atoms. The maximum Gasteiger partial charge on any atom is 0.419 e. The number of sulfonamides is 1. The molecule has 0 unspecified atom stereocenters. The molecule has 2 saturated heterocycles. The molecule has 2 aromatic rings. The number of nitrogens with zero attached hydrogens (tertiary/aromatic N) is 3. The van der Waals surface area contributed by atoms with E-state index in [1.807, 2.05) is 0 Å². The Morgan fingerprint density at radius 2 is 1.76 bits per heavy atom. The number of hydrogen-bond donors (Lipinski definition) is 5. The summed E-state index contributed by atoms with van der Waals surface area (Å²) < 4.78 is 111. The van der Waals surface area contributed by atoms with E-state index in [9.17, 15) is 51.2 Å². The minimum atomic E-state index is -5.12. The standard InChI is InChI=1S/C39H60F4N4O11S/c1-11-29-38(8,52)32(49)24(6)45-19-20(2)18-37(7,51)33(22(4)30(48)23(5)34(50)57-29)58-35-31(56-25-12-13-27(40)26(17-25)39(41,42)43)28(16-21(3)55-35)47(10)59(53,54)36-44-14-15-46(36)9/h12-15,17,20-24,28-33,35,45,48-49,51-52H,11,16,18-19H2,1-10H3/t20-,21-,22+,23-,24-,28+,29-,30+,31-,32-,33-,35+,37-,38-/m1/s1. The quantitative estimate of drug-likeness (QED) is 0.191. The van der Waals surface area contributed by atoms with Crippen molar-refractivity contribution in [1.29, 1.82) is 0 Å². The van der Waals surface area contributed by atoms with Crippen molar-refractivity contribution >= 4 is 16.0 Å². The highest BCUT2D eigenvalue weighted by Gasteiger charge is 2.52. The Balaban J connectivity index is 1.84. The van der Waals surface area contributed by atoms with Gasteiger partial charge in [-0.15, -0.1) is 0 Å². The van der Waals surface area contributed by atoms with E-state index < -0.39 is 117 Å². The Morgan fingerprint density at radius 3 is 2.34 bits per heavy atom. The molecule has 336 valence electrons. The van der Waals surface area contributed by atoms with Crippen LogP contribution in [0.4, 0.5) is 17.6 Å². The normalized spacial score (nSPS) is 37.4. The molecule has 20 heteroatoms. The van der Waals surface area contributed by atoms with Crippen molar-refractivity contribution in [3.8, 4) is 5.75 Å². The summed E-state index contributed by atoms with van der Waals surface area (Å²) >= 11 is 0. The second-order valence-electron chi connectivity index (χ2n) is 16.7. The molecule has 0 spiro atoms. The third kappa shape index (κ3) is 10.7. The minimum Gasteiger partial charge on any atom is -0.483 e. The average Bonchev–Trinajstić information content (AvgIpc) is 3.60. The lowest BCUT2D eigenvalue weighted by atomic mass is 9.78. The van der Waals surface area contributed by atoms with Crippen molar-refractivity contribution in [1.82, 2.24) is 19.2 Å². The summed E-state index contributed by atoms with van der Waals surface area (Å²) in [4.78, 5) is 17.6. The summed E-state index contributed by atoms with van der Waals surface area (Å²) in [6, 6.07) is -0.0226. The van der Waals surface area contributed by atoms with Crippen LogP contribution in [0.5, 0.6) is 5.75 Å². The van der Waals surface area contributed by atoms with Crippen molar-refractivity contribution in [3.05, 3.63) is 42.0 Å². The molecule has 1 aromatic carbocycles. The molecule has 0 radical (unpaired) electrons. The molecule has 4 rings (SSSR count). The van der Waals surface area contributed by atoms with Gasteiger partial charge in [0.15, 0.2) is 12.4 Å².